The molecule has 3 heteroatoms. The number of nitrogens with zero attached hydrogens (tertiary/aromatic N) is 1. The Balaban J connectivity index is 1.64. The molecule has 0 N–H and O–H groups in total. The lowest BCUT2D eigenvalue weighted by molar-refractivity contribution is 0.0598. The molecule has 0 saturated carbocycles. The summed E-state index contributed by atoms with van der Waals surface area (Å²) in [6.45, 7) is 7.97. The van der Waals surface area contributed by atoms with Crippen LogP contribution in [0.4, 0.5) is 16.2 Å². The number of hydrogen-bond donors (Lipinski definition) is 0. The van der Waals surface area contributed by atoms with E-state index in [4.69, 9.17) is 4.74 Å². The van der Waals surface area contributed by atoms with Crippen molar-refractivity contribution in [1.82, 2.24) is 0 Å². The van der Waals surface area contributed by atoms with Gasteiger partial charge >= 0.3 is 6.09 Å². The molecule has 0 bridgehead atoms. The Morgan fingerprint density at radius 2 is 1.47 bits per heavy atom. The Bertz CT molecular complexity index is 1550. The number of para-hydroxylation sites is 2. The molecule has 4 aromatic rings. The van der Waals surface area contributed by atoms with E-state index in [2.05, 4.69) is 61.2 Å². The molecule has 2 aliphatic rings. The molecule has 0 saturated heterocycles. The highest BCUT2D eigenvalue weighted by Gasteiger charge is 2.34. The van der Waals surface area contributed by atoms with Crippen molar-refractivity contribution in [2.75, 3.05) is 4.90 Å². The number of hydrogen-bond acceptors (Lipinski definition) is 2. The van der Waals surface area contributed by atoms with Gasteiger partial charge in [0.2, 0.25) is 0 Å². The summed E-state index contributed by atoms with van der Waals surface area (Å²) in [7, 11) is 0. The van der Waals surface area contributed by atoms with Crippen LogP contribution in [0, 0.1) is 5.92 Å². The standard InChI is InChI=1S/C33H29NO2/c1-21-19-23-18-17-22-11-5-6-12-24(22)31(23)27(21)20-28-25-13-7-9-15-29(25)34(32(35)36-33(2,3)4)30-16-10-8-14-26(28)30/h5-18,21H,19H2,1-4H3/t21-/m0/s1. The quantitative estimate of drug-likeness (QED) is 0.241. The fraction of sp³-hybridized carbons (Fsp3) is 0.212. The molecule has 0 aromatic heterocycles. The normalized spacial score (nSPS) is 16.3. The number of fused-ring (bicyclic) bond motifs is 5. The van der Waals surface area contributed by atoms with Gasteiger partial charge in [0.25, 0.3) is 0 Å². The van der Waals surface area contributed by atoms with Gasteiger partial charge in [0.1, 0.15) is 5.60 Å². The number of ether oxygens (including phenoxy) is 1. The van der Waals surface area contributed by atoms with Crippen LogP contribution in [-0.4, -0.2) is 11.7 Å². The Morgan fingerprint density at radius 1 is 0.861 bits per heavy atom. The fourth-order valence-corrected chi connectivity index (χ4v) is 5.48. The number of benzene rings is 4. The van der Waals surface area contributed by atoms with Gasteiger partial charge in [-0.3, -0.25) is 0 Å². The van der Waals surface area contributed by atoms with Gasteiger partial charge in [-0.1, -0.05) is 79.7 Å². The summed E-state index contributed by atoms with van der Waals surface area (Å²) in [4.78, 5) is 15.1. The van der Waals surface area contributed by atoms with Crippen molar-refractivity contribution in [3.8, 4) is 0 Å². The topological polar surface area (TPSA) is 29.5 Å². The van der Waals surface area contributed by atoms with Gasteiger partial charge in [0.05, 0.1) is 11.4 Å². The zero-order chi connectivity index (χ0) is 25.0. The first-order valence-electron chi connectivity index (χ1n) is 12.6. The largest absolute Gasteiger partial charge is 0.443 e. The number of rotatable bonds is 0. The first-order chi connectivity index (χ1) is 17.3. The minimum Gasteiger partial charge on any atom is -0.443 e. The SMILES string of the molecule is C[C@H]1Cc2ccc3ccccc3c2C1=C=C1c2ccccc2N(C(=O)OC(C)(C)C)c2ccccc21. The fourth-order valence-electron chi connectivity index (χ4n) is 5.48. The number of anilines is 2. The van der Waals surface area contributed by atoms with Crippen molar-refractivity contribution in [2.24, 2.45) is 5.92 Å². The molecule has 4 aromatic carbocycles. The Hall–Kier alpha value is -4.07. The number of amides is 1. The minimum atomic E-state index is -0.594. The summed E-state index contributed by atoms with van der Waals surface area (Å²) in [5.41, 5.74) is 11.8. The molecule has 0 unspecified atom stereocenters. The van der Waals surface area contributed by atoms with E-state index in [0.29, 0.717) is 5.92 Å². The van der Waals surface area contributed by atoms with Gasteiger partial charge in [-0.05, 0) is 67.1 Å². The van der Waals surface area contributed by atoms with Crippen molar-refractivity contribution < 1.29 is 9.53 Å². The lowest BCUT2D eigenvalue weighted by Crippen LogP contribution is -2.35. The van der Waals surface area contributed by atoms with Crippen molar-refractivity contribution in [2.45, 2.75) is 39.7 Å². The number of allylic oxidation sites excluding steroid dienone is 1. The maximum Gasteiger partial charge on any atom is 0.419 e. The zero-order valence-electron chi connectivity index (χ0n) is 21.1. The van der Waals surface area contributed by atoms with Crippen molar-refractivity contribution in [1.29, 1.82) is 0 Å². The van der Waals surface area contributed by atoms with E-state index in [9.17, 15) is 4.79 Å². The molecular formula is C33H29NO2. The predicted octanol–water partition coefficient (Wildman–Crippen LogP) is 8.53. The van der Waals surface area contributed by atoms with Gasteiger partial charge in [0, 0.05) is 22.3 Å². The van der Waals surface area contributed by atoms with E-state index >= 15 is 0 Å². The summed E-state index contributed by atoms with van der Waals surface area (Å²) in [6, 6.07) is 29.2. The maximum atomic E-state index is 13.4. The van der Waals surface area contributed by atoms with Gasteiger partial charge in [-0.25, -0.2) is 9.69 Å². The molecule has 1 atom stereocenters. The highest BCUT2D eigenvalue weighted by molar-refractivity contribution is 6.09. The second-order valence-corrected chi connectivity index (χ2v) is 10.7. The van der Waals surface area contributed by atoms with E-state index in [1.54, 1.807) is 4.90 Å². The summed E-state index contributed by atoms with van der Waals surface area (Å²) in [6.07, 6.45) is 0.628. The van der Waals surface area contributed by atoms with Gasteiger partial charge in [-0.2, -0.15) is 0 Å². The predicted molar refractivity (Wildman–Crippen MR) is 148 cm³/mol. The molecule has 1 heterocycles. The summed E-state index contributed by atoms with van der Waals surface area (Å²) in [5, 5.41) is 2.52. The average Bonchev–Trinajstić information content (AvgIpc) is 3.18. The first-order valence-corrected chi connectivity index (χ1v) is 12.6. The van der Waals surface area contributed by atoms with E-state index in [-0.39, 0.29) is 6.09 Å². The van der Waals surface area contributed by atoms with Crippen LogP contribution in [0.3, 0.4) is 0 Å². The molecule has 3 nitrogen and oxygen atoms in total. The van der Waals surface area contributed by atoms with Crippen LogP contribution in [0.2, 0.25) is 0 Å². The third-order valence-electron chi connectivity index (χ3n) is 6.97. The smallest absolute Gasteiger partial charge is 0.419 e. The Labute approximate surface area is 212 Å². The third-order valence-corrected chi connectivity index (χ3v) is 6.97. The summed E-state index contributed by atoms with van der Waals surface area (Å²) in [5.74, 6) is 0.349. The monoisotopic (exact) mass is 471 g/mol. The van der Waals surface area contributed by atoms with Crippen LogP contribution < -0.4 is 4.90 Å². The van der Waals surface area contributed by atoms with E-state index < -0.39 is 5.60 Å². The molecule has 178 valence electrons. The average molecular weight is 472 g/mol. The lowest BCUT2D eigenvalue weighted by Gasteiger charge is -2.33. The summed E-state index contributed by atoms with van der Waals surface area (Å²) >= 11 is 0. The maximum absolute atomic E-state index is 13.4. The van der Waals surface area contributed by atoms with Gasteiger partial charge in [-0.15, -0.1) is 5.73 Å². The highest BCUT2D eigenvalue weighted by Crippen LogP contribution is 2.47. The molecule has 1 aliphatic carbocycles. The van der Waals surface area contributed by atoms with Crippen molar-refractivity contribution in [3.63, 3.8) is 0 Å². The van der Waals surface area contributed by atoms with Crippen molar-refractivity contribution >= 4 is 39.4 Å². The number of carbonyl (C=O) groups is 1. The second-order valence-electron chi connectivity index (χ2n) is 10.7. The summed E-state index contributed by atoms with van der Waals surface area (Å²) < 4.78 is 5.82. The van der Waals surface area contributed by atoms with Crippen LogP contribution in [-0.2, 0) is 11.2 Å². The van der Waals surface area contributed by atoms with E-state index in [1.165, 1.54) is 27.5 Å². The van der Waals surface area contributed by atoms with E-state index in [1.807, 2.05) is 57.2 Å². The number of carbonyl (C=O) groups excluding carboxylic acids is 1. The third kappa shape index (κ3) is 3.64. The molecule has 0 spiro atoms. The second kappa shape index (κ2) is 8.26. The van der Waals surface area contributed by atoms with Crippen LogP contribution in [0.25, 0.3) is 21.9 Å². The Morgan fingerprint density at radius 3 is 2.14 bits per heavy atom. The first kappa shape index (κ1) is 22.4. The minimum absolute atomic E-state index is 0.349. The van der Waals surface area contributed by atoms with Crippen LogP contribution in [0.15, 0.2) is 90.7 Å². The lowest BCUT2D eigenvalue weighted by atomic mass is 9.88. The molecule has 0 radical (unpaired) electrons. The molecular weight excluding hydrogens is 442 g/mol. The molecule has 1 amide bonds. The highest BCUT2D eigenvalue weighted by atomic mass is 16.6. The van der Waals surface area contributed by atoms with Crippen LogP contribution in [0.1, 0.15) is 49.9 Å². The molecule has 36 heavy (non-hydrogen) atoms. The molecule has 0 fully saturated rings. The molecule has 6 rings (SSSR count). The van der Waals surface area contributed by atoms with Crippen LogP contribution in [0.5, 0.6) is 0 Å². The van der Waals surface area contributed by atoms with Crippen LogP contribution >= 0.6 is 0 Å². The molecule has 1 aliphatic heterocycles. The van der Waals surface area contributed by atoms with Gasteiger partial charge < -0.3 is 4.74 Å². The van der Waals surface area contributed by atoms with Gasteiger partial charge in [0.15, 0.2) is 0 Å². The Kier molecular flexibility index (Phi) is 5.14. The van der Waals surface area contributed by atoms with E-state index in [0.717, 1.165) is 34.5 Å². The zero-order valence-corrected chi connectivity index (χ0v) is 21.1. The van der Waals surface area contributed by atoms with Crippen molar-refractivity contribution in [3.05, 3.63) is 113 Å².